The van der Waals surface area contributed by atoms with Crippen LogP contribution < -0.4 is 14.8 Å². The van der Waals surface area contributed by atoms with Gasteiger partial charge in [0, 0.05) is 11.4 Å². The highest BCUT2D eigenvalue weighted by molar-refractivity contribution is 7.98. The predicted molar refractivity (Wildman–Crippen MR) is 96.2 cm³/mol. The van der Waals surface area contributed by atoms with Gasteiger partial charge in [-0.2, -0.15) is 5.26 Å². The van der Waals surface area contributed by atoms with Crippen LogP contribution in [0.3, 0.4) is 0 Å². The Morgan fingerprint density at radius 2 is 2.00 bits per heavy atom. The summed E-state index contributed by atoms with van der Waals surface area (Å²) in [7, 11) is 0. The van der Waals surface area contributed by atoms with Crippen LogP contribution in [0.2, 0.25) is 0 Å². The first-order valence-electron chi connectivity index (χ1n) is 7.62. The summed E-state index contributed by atoms with van der Waals surface area (Å²) >= 11 is 1.64. The van der Waals surface area contributed by atoms with Crippen LogP contribution in [-0.4, -0.2) is 19.0 Å². The zero-order valence-corrected chi connectivity index (χ0v) is 14.4. The molecule has 0 bridgehead atoms. The maximum atomic E-state index is 12.2. The van der Waals surface area contributed by atoms with Crippen molar-refractivity contribution in [3.8, 4) is 17.6 Å². The Balaban J connectivity index is 1.66. The molecule has 0 aromatic heterocycles. The number of carbonyl (C=O) groups excluding carboxylic acids is 1. The fraction of sp³-hybridized carbons (Fsp3) is 0.158. The lowest BCUT2D eigenvalue weighted by molar-refractivity contribution is -0.117. The monoisotopic (exact) mass is 352 g/mol. The predicted octanol–water partition coefficient (Wildman–Crippen LogP) is 3.36. The Hall–Kier alpha value is -2.91. The highest BCUT2D eigenvalue weighted by Gasteiger charge is 2.14. The van der Waals surface area contributed by atoms with Crippen molar-refractivity contribution in [3.63, 3.8) is 0 Å². The number of carbonyl (C=O) groups is 1. The molecule has 2 aromatic carbocycles. The minimum absolute atomic E-state index is 0.0673. The van der Waals surface area contributed by atoms with Crippen LogP contribution in [0.25, 0.3) is 6.08 Å². The molecule has 0 saturated heterocycles. The smallest absolute Gasteiger partial charge is 0.262 e. The fourth-order valence-electron chi connectivity index (χ4n) is 2.34. The highest BCUT2D eigenvalue weighted by atomic mass is 32.2. The van der Waals surface area contributed by atoms with Crippen molar-refractivity contribution < 1.29 is 14.3 Å². The van der Waals surface area contributed by atoms with Crippen molar-refractivity contribution in [3.05, 3.63) is 59.2 Å². The average molecular weight is 352 g/mol. The van der Waals surface area contributed by atoms with E-state index in [4.69, 9.17) is 9.47 Å². The molecule has 0 aliphatic carbocycles. The molecule has 126 valence electrons. The van der Waals surface area contributed by atoms with E-state index in [0.29, 0.717) is 18.0 Å². The maximum absolute atomic E-state index is 12.2. The van der Waals surface area contributed by atoms with Gasteiger partial charge in [0.15, 0.2) is 11.5 Å². The standard InChI is InChI=1S/C19H16N2O3S/c1-25-16-5-2-13(3-6-16)8-15(10-20)19(22)21-11-14-4-7-17-18(9-14)24-12-23-17/h2-9H,11-12H2,1H3,(H,21,22). The molecular weight excluding hydrogens is 336 g/mol. The molecule has 1 heterocycles. The molecule has 0 unspecified atom stereocenters. The minimum atomic E-state index is -0.408. The van der Waals surface area contributed by atoms with E-state index in [1.807, 2.05) is 48.7 Å². The van der Waals surface area contributed by atoms with Crippen LogP contribution in [0.5, 0.6) is 11.5 Å². The number of nitrogens with zero attached hydrogens (tertiary/aromatic N) is 1. The first-order chi connectivity index (χ1) is 12.2. The number of nitrogens with one attached hydrogen (secondary N) is 1. The normalized spacial score (nSPS) is 12.6. The van der Waals surface area contributed by atoms with Crippen molar-refractivity contribution in [1.29, 1.82) is 5.26 Å². The molecule has 0 saturated carbocycles. The van der Waals surface area contributed by atoms with E-state index in [2.05, 4.69) is 5.32 Å². The van der Waals surface area contributed by atoms with Gasteiger partial charge in [0.2, 0.25) is 6.79 Å². The SMILES string of the molecule is CSc1ccc(C=C(C#N)C(=O)NCc2ccc3c(c2)OCO3)cc1. The Kier molecular flexibility index (Phi) is 5.26. The van der Waals surface area contributed by atoms with Crippen LogP contribution in [-0.2, 0) is 11.3 Å². The average Bonchev–Trinajstić information content (AvgIpc) is 3.12. The first kappa shape index (κ1) is 16.9. The van der Waals surface area contributed by atoms with Crippen LogP contribution in [0.1, 0.15) is 11.1 Å². The lowest BCUT2D eigenvalue weighted by Gasteiger charge is -2.06. The number of thioether (sulfide) groups is 1. The van der Waals surface area contributed by atoms with Crippen LogP contribution in [0.15, 0.2) is 52.9 Å². The first-order valence-corrected chi connectivity index (χ1v) is 8.84. The molecule has 5 nitrogen and oxygen atoms in total. The van der Waals surface area contributed by atoms with Gasteiger partial charge in [-0.3, -0.25) is 4.79 Å². The molecule has 2 aromatic rings. The summed E-state index contributed by atoms with van der Waals surface area (Å²) in [6.07, 6.45) is 3.58. The number of fused-ring (bicyclic) bond motifs is 1. The second-order valence-corrected chi connectivity index (χ2v) is 6.19. The van der Waals surface area contributed by atoms with Gasteiger partial charge in [-0.05, 0) is 47.7 Å². The molecule has 1 N–H and O–H groups in total. The van der Waals surface area contributed by atoms with Crippen LogP contribution in [0.4, 0.5) is 0 Å². The summed E-state index contributed by atoms with van der Waals surface area (Å²) < 4.78 is 10.6. The van der Waals surface area contributed by atoms with E-state index in [1.165, 1.54) is 0 Å². The second kappa shape index (κ2) is 7.77. The summed E-state index contributed by atoms with van der Waals surface area (Å²) in [6.45, 7) is 0.516. The van der Waals surface area contributed by atoms with E-state index in [-0.39, 0.29) is 12.4 Å². The third-order valence-electron chi connectivity index (χ3n) is 3.68. The highest BCUT2D eigenvalue weighted by Crippen LogP contribution is 2.32. The molecule has 0 atom stereocenters. The van der Waals surface area contributed by atoms with Crippen LogP contribution >= 0.6 is 11.8 Å². The lowest BCUT2D eigenvalue weighted by atomic mass is 10.1. The van der Waals surface area contributed by atoms with Gasteiger partial charge in [0.05, 0.1) is 0 Å². The zero-order valence-electron chi connectivity index (χ0n) is 13.6. The van der Waals surface area contributed by atoms with Crippen LogP contribution in [0, 0.1) is 11.3 Å². The third-order valence-corrected chi connectivity index (χ3v) is 4.43. The number of hydrogen-bond acceptors (Lipinski definition) is 5. The van der Waals surface area contributed by atoms with E-state index < -0.39 is 5.91 Å². The molecule has 25 heavy (non-hydrogen) atoms. The zero-order chi connectivity index (χ0) is 17.6. The van der Waals surface area contributed by atoms with E-state index in [0.717, 1.165) is 16.0 Å². The number of amides is 1. The van der Waals surface area contributed by atoms with E-state index >= 15 is 0 Å². The quantitative estimate of drug-likeness (QED) is 0.507. The Morgan fingerprint density at radius 3 is 2.72 bits per heavy atom. The molecule has 3 rings (SSSR count). The van der Waals surface area contributed by atoms with Crippen molar-refractivity contribution in [1.82, 2.24) is 5.32 Å². The topological polar surface area (TPSA) is 71.4 Å². The van der Waals surface area contributed by atoms with Crippen molar-refractivity contribution in [2.24, 2.45) is 0 Å². The second-order valence-electron chi connectivity index (χ2n) is 5.31. The summed E-state index contributed by atoms with van der Waals surface area (Å²) in [5, 5.41) is 12.0. The summed E-state index contributed by atoms with van der Waals surface area (Å²) in [6, 6.07) is 15.1. The molecule has 1 aliphatic rings. The van der Waals surface area contributed by atoms with Crippen molar-refractivity contribution in [2.45, 2.75) is 11.4 Å². The summed E-state index contributed by atoms with van der Waals surface area (Å²) in [4.78, 5) is 13.4. The number of hydrogen-bond donors (Lipinski definition) is 1. The van der Waals surface area contributed by atoms with Gasteiger partial charge in [-0.15, -0.1) is 11.8 Å². The molecule has 0 radical (unpaired) electrons. The van der Waals surface area contributed by atoms with Crippen molar-refractivity contribution in [2.75, 3.05) is 13.0 Å². The molecule has 1 aliphatic heterocycles. The number of benzene rings is 2. The Labute approximate surface area is 150 Å². The van der Waals surface area contributed by atoms with Gasteiger partial charge >= 0.3 is 0 Å². The van der Waals surface area contributed by atoms with E-state index in [1.54, 1.807) is 23.9 Å². The number of nitriles is 1. The van der Waals surface area contributed by atoms with Gasteiger partial charge in [0.25, 0.3) is 5.91 Å². The largest absolute Gasteiger partial charge is 0.454 e. The number of ether oxygens (including phenoxy) is 2. The molecule has 0 spiro atoms. The Morgan fingerprint density at radius 1 is 1.24 bits per heavy atom. The molecule has 0 fully saturated rings. The van der Waals surface area contributed by atoms with Gasteiger partial charge in [-0.25, -0.2) is 0 Å². The molecule has 6 heteroatoms. The molecular formula is C19H16N2O3S. The number of rotatable bonds is 5. The third kappa shape index (κ3) is 4.14. The molecule has 1 amide bonds. The van der Waals surface area contributed by atoms with E-state index in [9.17, 15) is 10.1 Å². The minimum Gasteiger partial charge on any atom is -0.454 e. The summed E-state index contributed by atoms with van der Waals surface area (Å²) in [5.41, 5.74) is 1.75. The van der Waals surface area contributed by atoms with Crippen molar-refractivity contribution >= 4 is 23.7 Å². The summed E-state index contributed by atoms with van der Waals surface area (Å²) in [5.74, 6) is 0.951. The van der Waals surface area contributed by atoms with Gasteiger partial charge in [-0.1, -0.05) is 18.2 Å². The fourth-order valence-corrected chi connectivity index (χ4v) is 2.75. The lowest BCUT2D eigenvalue weighted by Crippen LogP contribution is -2.23. The van der Waals surface area contributed by atoms with Gasteiger partial charge in [0.1, 0.15) is 11.6 Å². The maximum Gasteiger partial charge on any atom is 0.262 e. The Bertz CT molecular complexity index is 854. The van der Waals surface area contributed by atoms with Gasteiger partial charge < -0.3 is 14.8 Å².